The van der Waals surface area contributed by atoms with E-state index in [1.165, 1.54) is 12.4 Å². The average Bonchev–Trinajstić information content (AvgIpc) is 2.26. The minimum Gasteiger partial charge on any atom is -0.367 e. The van der Waals surface area contributed by atoms with E-state index in [-0.39, 0.29) is 17.6 Å². The van der Waals surface area contributed by atoms with Crippen molar-refractivity contribution in [1.29, 1.82) is 0 Å². The van der Waals surface area contributed by atoms with Crippen LogP contribution in [0.2, 0.25) is 0 Å². The molecule has 1 heterocycles. The molecule has 1 unspecified atom stereocenters. The molecule has 1 aromatic heterocycles. The van der Waals surface area contributed by atoms with Crippen molar-refractivity contribution >= 4 is 5.82 Å². The van der Waals surface area contributed by atoms with Gasteiger partial charge in [-0.15, -0.1) is 0 Å². The summed E-state index contributed by atoms with van der Waals surface area (Å²) in [6.45, 7) is 2.46. The molecule has 1 atom stereocenters. The Morgan fingerprint density at radius 2 is 2.00 bits per heavy atom. The van der Waals surface area contributed by atoms with Gasteiger partial charge in [0.25, 0.3) is 6.43 Å². The fourth-order valence-corrected chi connectivity index (χ4v) is 0.997. The van der Waals surface area contributed by atoms with Crippen LogP contribution in [-0.4, -0.2) is 29.6 Å². The highest BCUT2D eigenvalue weighted by Gasteiger charge is 2.15. The van der Waals surface area contributed by atoms with Gasteiger partial charge >= 0.3 is 0 Å². The van der Waals surface area contributed by atoms with Gasteiger partial charge in [-0.1, -0.05) is 0 Å². The molecule has 15 heavy (non-hydrogen) atoms. The number of nitrogens with one attached hydrogen (secondary N) is 2. The molecular weight excluding hydrogens is 202 g/mol. The first-order chi connectivity index (χ1) is 7.15. The number of hydrogen-bond acceptors (Lipinski definition) is 4. The van der Waals surface area contributed by atoms with Gasteiger partial charge in [-0.2, -0.15) is 0 Å². The topological polar surface area (TPSA) is 49.8 Å². The molecule has 1 rings (SSSR count). The Hall–Kier alpha value is -1.30. The summed E-state index contributed by atoms with van der Waals surface area (Å²) in [6, 6.07) is 0.178. The molecule has 2 N–H and O–H groups in total. The van der Waals surface area contributed by atoms with Crippen molar-refractivity contribution in [1.82, 2.24) is 15.3 Å². The summed E-state index contributed by atoms with van der Waals surface area (Å²) >= 11 is 0. The molecule has 0 bridgehead atoms. The molecule has 0 saturated heterocycles. The summed E-state index contributed by atoms with van der Waals surface area (Å²) in [5, 5.41) is 5.81. The van der Waals surface area contributed by atoms with E-state index in [2.05, 4.69) is 20.6 Å². The minimum absolute atomic E-state index is 0.148. The van der Waals surface area contributed by atoms with E-state index >= 15 is 0 Å². The van der Waals surface area contributed by atoms with Gasteiger partial charge in [-0.3, -0.25) is 0 Å². The molecular formula is C9H14F2N4. The zero-order chi connectivity index (χ0) is 11.3. The van der Waals surface area contributed by atoms with Crippen molar-refractivity contribution in [2.45, 2.75) is 19.4 Å². The Labute approximate surface area is 87.1 Å². The normalized spacial score (nSPS) is 12.9. The fourth-order valence-electron chi connectivity index (χ4n) is 0.997. The standard InChI is InChI=1S/C9H14F2N4/c1-6(12-2)5-15-9-7(8(10)11)13-3-4-14-9/h3-4,6,8,12H,5H2,1-2H3,(H,14,15). The number of anilines is 1. The molecule has 0 aromatic carbocycles. The zero-order valence-corrected chi connectivity index (χ0v) is 8.67. The number of likely N-dealkylation sites (N-methyl/N-ethyl adjacent to an activating group) is 1. The Morgan fingerprint density at radius 1 is 1.33 bits per heavy atom. The highest BCUT2D eigenvalue weighted by atomic mass is 19.3. The van der Waals surface area contributed by atoms with E-state index in [0.717, 1.165) is 0 Å². The Morgan fingerprint density at radius 3 is 2.60 bits per heavy atom. The first-order valence-corrected chi connectivity index (χ1v) is 4.65. The second-order valence-electron chi connectivity index (χ2n) is 3.16. The van der Waals surface area contributed by atoms with E-state index in [1.54, 1.807) is 7.05 Å². The van der Waals surface area contributed by atoms with Gasteiger partial charge < -0.3 is 10.6 Å². The van der Waals surface area contributed by atoms with Crippen LogP contribution >= 0.6 is 0 Å². The van der Waals surface area contributed by atoms with Crippen molar-refractivity contribution in [2.75, 3.05) is 18.9 Å². The van der Waals surface area contributed by atoms with Crippen LogP contribution in [0.5, 0.6) is 0 Å². The molecule has 0 aliphatic carbocycles. The SMILES string of the molecule is CNC(C)CNc1nccnc1C(F)F. The summed E-state index contributed by atoms with van der Waals surface area (Å²) in [5.74, 6) is 0.148. The smallest absolute Gasteiger partial charge is 0.283 e. The van der Waals surface area contributed by atoms with Crippen LogP contribution in [0.1, 0.15) is 19.0 Å². The lowest BCUT2D eigenvalue weighted by atomic mass is 10.3. The first kappa shape index (κ1) is 11.8. The maximum absolute atomic E-state index is 12.5. The number of aromatic nitrogens is 2. The van der Waals surface area contributed by atoms with Crippen LogP contribution in [0.25, 0.3) is 0 Å². The van der Waals surface area contributed by atoms with Gasteiger partial charge in [0.05, 0.1) is 0 Å². The van der Waals surface area contributed by atoms with Gasteiger partial charge in [0.15, 0.2) is 5.82 Å². The highest BCUT2D eigenvalue weighted by molar-refractivity contribution is 5.40. The van der Waals surface area contributed by atoms with Crippen LogP contribution in [0.4, 0.5) is 14.6 Å². The summed E-state index contributed by atoms with van der Waals surface area (Å²) in [5.41, 5.74) is -0.305. The molecule has 4 nitrogen and oxygen atoms in total. The molecule has 0 fully saturated rings. The number of alkyl halides is 2. The lowest BCUT2D eigenvalue weighted by Crippen LogP contribution is -2.29. The maximum atomic E-state index is 12.5. The van der Waals surface area contributed by atoms with Crippen molar-refractivity contribution in [3.63, 3.8) is 0 Å². The summed E-state index contributed by atoms with van der Waals surface area (Å²) in [6.07, 6.45) is 0.0398. The second-order valence-corrected chi connectivity index (χ2v) is 3.16. The van der Waals surface area contributed by atoms with Gasteiger partial charge in [0.2, 0.25) is 0 Å². The lowest BCUT2D eigenvalue weighted by molar-refractivity contribution is 0.146. The average molecular weight is 216 g/mol. The third kappa shape index (κ3) is 3.39. The summed E-state index contributed by atoms with van der Waals surface area (Å²) < 4.78 is 25.0. The maximum Gasteiger partial charge on any atom is 0.283 e. The molecule has 0 spiro atoms. The molecule has 0 radical (unpaired) electrons. The van der Waals surface area contributed by atoms with Crippen molar-refractivity contribution in [3.8, 4) is 0 Å². The van der Waals surface area contributed by atoms with E-state index in [1.807, 2.05) is 6.92 Å². The van der Waals surface area contributed by atoms with Crippen molar-refractivity contribution in [2.24, 2.45) is 0 Å². The molecule has 0 aliphatic rings. The molecule has 0 aliphatic heterocycles. The Balaban J connectivity index is 2.67. The molecule has 84 valence electrons. The molecule has 0 amide bonds. The highest BCUT2D eigenvalue weighted by Crippen LogP contribution is 2.21. The van der Waals surface area contributed by atoms with Crippen LogP contribution in [0, 0.1) is 0 Å². The predicted octanol–water partition coefficient (Wildman–Crippen LogP) is 1.43. The molecule has 0 saturated carbocycles. The third-order valence-electron chi connectivity index (χ3n) is 2.00. The minimum atomic E-state index is -2.61. The van der Waals surface area contributed by atoms with Crippen LogP contribution in [0.3, 0.4) is 0 Å². The van der Waals surface area contributed by atoms with E-state index < -0.39 is 6.43 Å². The fraction of sp³-hybridized carbons (Fsp3) is 0.556. The predicted molar refractivity (Wildman–Crippen MR) is 54.0 cm³/mol. The second kappa shape index (κ2) is 5.55. The monoisotopic (exact) mass is 216 g/mol. The van der Waals surface area contributed by atoms with Crippen molar-refractivity contribution in [3.05, 3.63) is 18.1 Å². The zero-order valence-electron chi connectivity index (χ0n) is 8.67. The van der Waals surface area contributed by atoms with Gasteiger partial charge in [-0.05, 0) is 14.0 Å². The van der Waals surface area contributed by atoms with Gasteiger partial charge in [0.1, 0.15) is 5.69 Å². The number of nitrogens with zero attached hydrogens (tertiary/aromatic N) is 2. The van der Waals surface area contributed by atoms with Gasteiger partial charge in [-0.25, -0.2) is 18.7 Å². The van der Waals surface area contributed by atoms with Crippen molar-refractivity contribution < 1.29 is 8.78 Å². The van der Waals surface area contributed by atoms with Crippen LogP contribution in [0.15, 0.2) is 12.4 Å². The number of rotatable bonds is 5. The van der Waals surface area contributed by atoms with E-state index in [0.29, 0.717) is 6.54 Å². The summed E-state index contributed by atoms with van der Waals surface area (Å²) in [7, 11) is 1.80. The molecule has 6 heteroatoms. The van der Waals surface area contributed by atoms with E-state index in [4.69, 9.17) is 0 Å². The quantitative estimate of drug-likeness (QED) is 0.781. The Bertz CT molecular complexity index is 306. The first-order valence-electron chi connectivity index (χ1n) is 4.65. The molecule has 1 aromatic rings. The third-order valence-corrected chi connectivity index (χ3v) is 2.00. The number of halogens is 2. The van der Waals surface area contributed by atoms with Crippen LogP contribution < -0.4 is 10.6 Å². The van der Waals surface area contributed by atoms with E-state index in [9.17, 15) is 8.78 Å². The van der Waals surface area contributed by atoms with Gasteiger partial charge in [0, 0.05) is 25.0 Å². The number of hydrogen-bond donors (Lipinski definition) is 2. The van der Waals surface area contributed by atoms with Crippen LogP contribution in [-0.2, 0) is 0 Å². The Kier molecular flexibility index (Phi) is 4.36. The summed E-state index contributed by atoms with van der Waals surface area (Å²) in [4.78, 5) is 7.41. The lowest BCUT2D eigenvalue weighted by Gasteiger charge is -2.13. The largest absolute Gasteiger partial charge is 0.367 e.